The molecule has 1 saturated heterocycles. The summed E-state index contributed by atoms with van der Waals surface area (Å²) in [5.74, 6) is 1.95. The van der Waals surface area contributed by atoms with Gasteiger partial charge >= 0.3 is 0 Å². The highest BCUT2D eigenvalue weighted by Gasteiger charge is 2.21. The Morgan fingerprint density at radius 2 is 1.50 bits per heavy atom. The molecule has 1 heterocycles. The summed E-state index contributed by atoms with van der Waals surface area (Å²) in [6.07, 6.45) is 0.447. The summed E-state index contributed by atoms with van der Waals surface area (Å²) in [5.41, 5.74) is 2.26. The fraction of sp³-hybridized carbons (Fsp3) is 0.435. The van der Waals surface area contributed by atoms with Crippen molar-refractivity contribution in [3.8, 4) is 11.5 Å². The first-order valence-electron chi connectivity index (χ1n) is 10.1. The summed E-state index contributed by atoms with van der Waals surface area (Å²) in [5, 5.41) is 0. The fourth-order valence-corrected chi connectivity index (χ4v) is 3.30. The van der Waals surface area contributed by atoms with Gasteiger partial charge in [-0.15, -0.1) is 0 Å². The van der Waals surface area contributed by atoms with Crippen LogP contribution in [0.1, 0.15) is 18.1 Å². The van der Waals surface area contributed by atoms with Crippen molar-refractivity contribution in [3.63, 3.8) is 0 Å². The number of amides is 1. The molecule has 0 aliphatic carbocycles. The molecule has 150 valence electrons. The van der Waals surface area contributed by atoms with Crippen LogP contribution in [0.2, 0.25) is 0 Å². The minimum Gasteiger partial charge on any atom is -0.494 e. The van der Waals surface area contributed by atoms with Crippen molar-refractivity contribution >= 4 is 5.91 Å². The first kappa shape index (κ1) is 20.2. The second-order valence-electron chi connectivity index (χ2n) is 7.14. The first-order valence-corrected chi connectivity index (χ1v) is 10.1. The monoisotopic (exact) mass is 382 g/mol. The normalized spacial score (nSPS) is 14.7. The average Bonchev–Trinajstić information content (AvgIpc) is 2.72. The lowest BCUT2D eigenvalue weighted by Crippen LogP contribution is -2.49. The predicted octanol–water partition coefficient (Wildman–Crippen LogP) is 3.16. The lowest BCUT2D eigenvalue weighted by atomic mass is 10.1. The molecule has 0 spiro atoms. The molecule has 2 aromatic carbocycles. The second kappa shape index (κ2) is 10.1. The summed E-state index contributed by atoms with van der Waals surface area (Å²) < 4.78 is 11.3. The van der Waals surface area contributed by atoms with Crippen LogP contribution in [0.5, 0.6) is 11.5 Å². The van der Waals surface area contributed by atoms with Crippen LogP contribution >= 0.6 is 0 Å². The Kier molecular flexibility index (Phi) is 7.31. The maximum absolute atomic E-state index is 12.6. The van der Waals surface area contributed by atoms with E-state index >= 15 is 0 Å². The third-order valence-electron chi connectivity index (χ3n) is 5.01. The third-order valence-corrected chi connectivity index (χ3v) is 5.01. The number of hydrogen-bond donors (Lipinski definition) is 0. The van der Waals surface area contributed by atoms with Gasteiger partial charge in [0.25, 0.3) is 0 Å². The average molecular weight is 383 g/mol. The SMILES string of the molecule is CCOc1ccc(CC(=O)N2CCN(CCOc3ccc(C)cc3)CC2)cc1. The molecule has 5 nitrogen and oxygen atoms in total. The maximum Gasteiger partial charge on any atom is 0.227 e. The lowest BCUT2D eigenvalue weighted by molar-refractivity contribution is -0.132. The van der Waals surface area contributed by atoms with Crippen molar-refractivity contribution < 1.29 is 14.3 Å². The molecule has 5 heteroatoms. The van der Waals surface area contributed by atoms with Gasteiger partial charge < -0.3 is 14.4 Å². The summed E-state index contributed by atoms with van der Waals surface area (Å²) in [6.45, 7) is 9.59. The Balaban J connectivity index is 1.37. The first-order chi connectivity index (χ1) is 13.6. The quantitative estimate of drug-likeness (QED) is 0.703. The Morgan fingerprint density at radius 3 is 2.14 bits per heavy atom. The van der Waals surface area contributed by atoms with Gasteiger partial charge in [0.05, 0.1) is 13.0 Å². The van der Waals surface area contributed by atoms with Gasteiger partial charge in [-0.1, -0.05) is 29.8 Å². The van der Waals surface area contributed by atoms with E-state index in [0.717, 1.165) is 49.8 Å². The van der Waals surface area contributed by atoms with E-state index in [1.165, 1.54) is 5.56 Å². The van der Waals surface area contributed by atoms with Crippen molar-refractivity contribution in [2.45, 2.75) is 20.3 Å². The summed E-state index contributed by atoms with van der Waals surface area (Å²) in [4.78, 5) is 16.9. The zero-order chi connectivity index (χ0) is 19.8. The minimum atomic E-state index is 0.194. The van der Waals surface area contributed by atoms with E-state index in [1.54, 1.807) is 0 Å². The van der Waals surface area contributed by atoms with Crippen LogP contribution < -0.4 is 9.47 Å². The molecular formula is C23H30N2O3. The Labute approximate surface area is 167 Å². The fourth-order valence-electron chi connectivity index (χ4n) is 3.30. The van der Waals surface area contributed by atoms with E-state index in [1.807, 2.05) is 48.2 Å². The number of piperazine rings is 1. The number of hydrogen-bond acceptors (Lipinski definition) is 4. The van der Waals surface area contributed by atoms with E-state index < -0.39 is 0 Å². The molecule has 1 amide bonds. The Hall–Kier alpha value is -2.53. The van der Waals surface area contributed by atoms with Crippen LogP contribution in [0.3, 0.4) is 0 Å². The predicted molar refractivity (Wildman–Crippen MR) is 111 cm³/mol. The molecule has 0 atom stereocenters. The summed E-state index contributed by atoms with van der Waals surface area (Å²) in [7, 11) is 0. The van der Waals surface area contributed by atoms with Crippen molar-refractivity contribution in [1.29, 1.82) is 0 Å². The van der Waals surface area contributed by atoms with Gasteiger partial charge in [-0.2, -0.15) is 0 Å². The lowest BCUT2D eigenvalue weighted by Gasteiger charge is -2.34. The number of benzene rings is 2. The van der Waals surface area contributed by atoms with Gasteiger partial charge in [-0.3, -0.25) is 9.69 Å². The molecule has 3 rings (SSSR count). The number of ether oxygens (including phenoxy) is 2. The molecule has 0 radical (unpaired) electrons. The molecule has 1 fully saturated rings. The highest BCUT2D eigenvalue weighted by Crippen LogP contribution is 2.14. The van der Waals surface area contributed by atoms with Crippen LogP contribution in [0.25, 0.3) is 0 Å². The summed E-state index contributed by atoms with van der Waals surface area (Å²) in [6, 6.07) is 15.9. The Bertz CT molecular complexity index is 735. The second-order valence-corrected chi connectivity index (χ2v) is 7.14. The minimum absolute atomic E-state index is 0.194. The van der Waals surface area contributed by atoms with E-state index in [4.69, 9.17) is 9.47 Å². The zero-order valence-corrected chi connectivity index (χ0v) is 16.9. The number of carbonyl (C=O) groups excluding carboxylic acids is 1. The molecule has 1 aliphatic rings. The van der Waals surface area contributed by atoms with Gasteiger partial charge in [0.1, 0.15) is 18.1 Å². The van der Waals surface area contributed by atoms with Crippen LogP contribution in [-0.2, 0) is 11.2 Å². The van der Waals surface area contributed by atoms with Gasteiger partial charge in [0, 0.05) is 32.7 Å². The molecular weight excluding hydrogens is 352 g/mol. The van der Waals surface area contributed by atoms with Crippen molar-refractivity contribution in [2.24, 2.45) is 0 Å². The molecule has 28 heavy (non-hydrogen) atoms. The molecule has 1 aliphatic heterocycles. The highest BCUT2D eigenvalue weighted by molar-refractivity contribution is 5.79. The van der Waals surface area contributed by atoms with Crippen LogP contribution in [-0.4, -0.2) is 61.6 Å². The van der Waals surface area contributed by atoms with Crippen LogP contribution in [0, 0.1) is 6.92 Å². The van der Waals surface area contributed by atoms with E-state index in [2.05, 4.69) is 24.0 Å². The molecule has 0 bridgehead atoms. The maximum atomic E-state index is 12.6. The third kappa shape index (κ3) is 5.99. The number of rotatable bonds is 8. The molecule has 2 aromatic rings. The topological polar surface area (TPSA) is 42.0 Å². The van der Waals surface area contributed by atoms with E-state index in [-0.39, 0.29) is 5.91 Å². The number of carbonyl (C=O) groups is 1. The number of nitrogens with zero attached hydrogens (tertiary/aromatic N) is 2. The van der Waals surface area contributed by atoms with Crippen molar-refractivity contribution in [1.82, 2.24) is 9.80 Å². The van der Waals surface area contributed by atoms with Gasteiger partial charge in [0.2, 0.25) is 5.91 Å². The Morgan fingerprint density at radius 1 is 0.893 bits per heavy atom. The standard InChI is InChI=1S/C23H30N2O3/c1-3-27-21-10-6-20(7-11-21)18-23(26)25-14-12-24(13-15-25)16-17-28-22-8-4-19(2)5-9-22/h4-11H,3,12-18H2,1-2H3. The molecule has 0 aromatic heterocycles. The summed E-state index contributed by atoms with van der Waals surface area (Å²) >= 11 is 0. The highest BCUT2D eigenvalue weighted by atomic mass is 16.5. The number of aryl methyl sites for hydroxylation is 1. The molecule has 0 N–H and O–H groups in total. The van der Waals surface area contributed by atoms with Gasteiger partial charge in [0.15, 0.2) is 0 Å². The van der Waals surface area contributed by atoms with Crippen molar-refractivity contribution in [2.75, 3.05) is 45.9 Å². The van der Waals surface area contributed by atoms with Gasteiger partial charge in [-0.05, 0) is 43.7 Å². The van der Waals surface area contributed by atoms with E-state index in [9.17, 15) is 4.79 Å². The van der Waals surface area contributed by atoms with Crippen LogP contribution in [0.15, 0.2) is 48.5 Å². The largest absolute Gasteiger partial charge is 0.494 e. The van der Waals surface area contributed by atoms with Gasteiger partial charge in [-0.25, -0.2) is 0 Å². The zero-order valence-electron chi connectivity index (χ0n) is 16.9. The van der Waals surface area contributed by atoms with Crippen molar-refractivity contribution in [3.05, 3.63) is 59.7 Å². The smallest absolute Gasteiger partial charge is 0.227 e. The van der Waals surface area contributed by atoms with E-state index in [0.29, 0.717) is 19.6 Å². The molecule has 0 unspecified atom stereocenters. The molecule has 0 saturated carbocycles. The van der Waals surface area contributed by atoms with Crippen LogP contribution in [0.4, 0.5) is 0 Å².